The van der Waals surface area contributed by atoms with Crippen molar-refractivity contribution < 1.29 is 28.1 Å². The molecule has 7 rings (SSSR count). The number of imidazole rings is 1. The first-order valence-electron chi connectivity index (χ1n) is 18.7. The predicted molar refractivity (Wildman–Crippen MR) is 210 cm³/mol. The maximum absolute atomic E-state index is 7.29. The van der Waals surface area contributed by atoms with E-state index in [2.05, 4.69) is 70.0 Å². The van der Waals surface area contributed by atoms with E-state index < -0.39 is 44.2 Å². The van der Waals surface area contributed by atoms with Gasteiger partial charge >= 0.3 is 0 Å². The second-order valence-corrected chi connectivity index (χ2v) is 20.7. The second kappa shape index (κ2) is 14.5. The van der Waals surface area contributed by atoms with Crippen LogP contribution in [0.2, 0.25) is 18.1 Å². The normalized spacial score (nSPS) is 21.5. The number of methoxy groups -OCH3 is 1. The fraction of sp³-hybridized carbons (Fsp3) is 0.452. The number of aromatic nitrogens is 4. The third-order valence-electron chi connectivity index (χ3n) is 11.8. The van der Waals surface area contributed by atoms with Crippen LogP contribution in [0.4, 0.5) is 5.82 Å². The van der Waals surface area contributed by atoms with E-state index in [-0.39, 0.29) is 17.5 Å². The largest absolute Gasteiger partial charge is 0.497 e. The first-order valence-corrected chi connectivity index (χ1v) is 21.6. The monoisotopic (exact) mass is 751 g/mol. The molecular formula is C42H53N5O6Si. The van der Waals surface area contributed by atoms with Crippen LogP contribution in [0.3, 0.4) is 0 Å². The average molecular weight is 752 g/mol. The van der Waals surface area contributed by atoms with E-state index in [1.54, 1.807) is 7.11 Å². The number of hydrogen-bond acceptors (Lipinski definition) is 10. The molecule has 2 aliphatic rings. The van der Waals surface area contributed by atoms with Gasteiger partial charge in [-0.15, -0.1) is 0 Å². The molecule has 0 bridgehead atoms. The number of nitrogens with two attached hydrogens (primary N) is 1. The first kappa shape index (κ1) is 38.1. The van der Waals surface area contributed by atoms with E-state index >= 15 is 0 Å². The quantitative estimate of drug-likeness (QED) is 0.0935. The summed E-state index contributed by atoms with van der Waals surface area (Å²) < 4.78 is 41.7. The van der Waals surface area contributed by atoms with Crippen molar-refractivity contribution >= 4 is 25.3 Å². The Morgan fingerprint density at radius 3 is 2.06 bits per heavy atom. The molecule has 0 amide bonds. The smallest absolute Gasteiger partial charge is 0.192 e. The van der Waals surface area contributed by atoms with Gasteiger partial charge in [0.25, 0.3) is 0 Å². The van der Waals surface area contributed by atoms with Crippen LogP contribution in [0.25, 0.3) is 11.2 Å². The van der Waals surface area contributed by atoms with Crippen molar-refractivity contribution in [3.63, 3.8) is 0 Å². The molecule has 2 N–H and O–H groups in total. The van der Waals surface area contributed by atoms with Gasteiger partial charge < -0.3 is 33.8 Å². The topological polar surface area (TPSA) is 125 Å². The number of ether oxygens (including phenoxy) is 5. The summed E-state index contributed by atoms with van der Waals surface area (Å²) in [6.07, 6.45) is -0.516. The number of benzene rings is 3. The van der Waals surface area contributed by atoms with Crippen LogP contribution in [-0.4, -0.2) is 65.7 Å². The summed E-state index contributed by atoms with van der Waals surface area (Å²) in [6, 6.07) is 28.4. The molecule has 3 aromatic carbocycles. The number of fused-ring (bicyclic) bond motifs is 2. The molecule has 11 nitrogen and oxygen atoms in total. The molecule has 4 atom stereocenters. The molecule has 2 fully saturated rings. The summed E-state index contributed by atoms with van der Waals surface area (Å²) in [5, 5.41) is 0.0319. The number of nitrogen functional groups attached to an aromatic ring is 1. The van der Waals surface area contributed by atoms with Gasteiger partial charge in [0.1, 0.15) is 48.4 Å². The van der Waals surface area contributed by atoms with Crippen LogP contribution in [-0.2, 0) is 35.6 Å². The van der Waals surface area contributed by atoms with Gasteiger partial charge in [0.15, 0.2) is 37.3 Å². The molecule has 2 saturated heterocycles. The van der Waals surface area contributed by atoms with E-state index in [0.29, 0.717) is 29.5 Å². The Morgan fingerprint density at radius 1 is 0.870 bits per heavy atom. The van der Waals surface area contributed by atoms with E-state index in [9.17, 15) is 0 Å². The zero-order valence-corrected chi connectivity index (χ0v) is 33.8. The van der Waals surface area contributed by atoms with Crippen molar-refractivity contribution in [2.24, 2.45) is 5.92 Å². The van der Waals surface area contributed by atoms with Gasteiger partial charge in [0, 0.05) is 0 Å². The van der Waals surface area contributed by atoms with Crippen molar-refractivity contribution in [2.45, 2.75) is 102 Å². The molecule has 0 aliphatic carbocycles. The lowest BCUT2D eigenvalue weighted by Crippen LogP contribution is -2.47. The van der Waals surface area contributed by atoms with Crippen LogP contribution in [0, 0.1) is 5.92 Å². The molecule has 12 heteroatoms. The predicted octanol–water partition coefficient (Wildman–Crippen LogP) is 8.00. The highest BCUT2D eigenvalue weighted by molar-refractivity contribution is 6.74. The van der Waals surface area contributed by atoms with E-state index in [1.807, 2.05) is 79.1 Å². The summed E-state index contributed by atoms with van der Waals surface area (Å²) in [6.45, 7) is 17.9. The molecule has 0 unspecified atom stereocenters. The van der Waals surface area contributed by atoms with Crippen LogP contribution >= 0.6 is 0 Å². The Morgan fingerprint density at radius 2 is 1.46 bits per heavy atom. The van der Waals surface area contributed by atoms with E-state index in [1.165, 1.54) is 6.33 Å². The van der Waals surface area contributed by atoms with Gasteiger partial charge in [-0.25, -0.2) is 15.0 Å². The van der Waals surface area contributed by atoms with E-state index in [4.69, 9.17) is 43.8 Å². The van der Waals surface area contributed by atoms with Crippen LogP contribution < -0.4 is 10.5 Å². The Hall–Kier alpha value is -4.17. The highest BCUT2D eigenvalue weighted by Crippen LogP contribution is 2.48. The third-order valence-corrected chi connectivity index (χ3v) is 16.4. The molecule has 0 radical (unpaired) electrons. The third kappa shape index (κ3) is 6.73. The number of rotatable bonds is 13. The lowest BCUT2D eigenvalue weighted by atomic mass is 9.80. The van der Waals surface area contributed by atoms with Gasteiger partial charge in [0.05, 0.1) is 13.7 Å². The van der Waals surface area contributed by atoms with Crippen LogP contribution in [0.1, 0.15) is 70.3 Å². The van der Waals surface area contributed by atoms with Crippen molar-refractivity contribution in [3.8, 4) is 5.75 Å². The summed E-state index contributed by atoms with van der Waals surface area (Å²) in [7, 11) is -0.528. The highest BCUT2D eigenvalue weighted by atomic mass is 28.4. The minimum Gasteiger partial charge on any atom is -0.497 e. The lowest BCUT2D eigenvalue weighted by molar-refractivity contribution is -0.199. The van der Waals surface area contributed by atoms with Crippen LogP contribution in [0.5, 0.6) is 5.75 Å². The van der Waals surface area contributed by atoms with Crippen LogP contribution in [0.15, 0.2) is 91.3 Å². The fourth-order valence-electron chi connectivity index (χ4n) is 7.61. The average Bonchev–Trinajstić information content (AvgIpc) is 3.80. The minimum atomic E-state index is -2.19. The minimum absolute atomic E-state index is 0.0319. The summed E-state index contributed by atoms with van der Waals surface area (Å²) >= 11 is 0. The molecule has 2 aromatic heterocycles. The maximum atomic E-state index is 7.29. The first-order chi connectivity index (χ1) is 25.7. The van der Waals surface area contributed by atoms with Crippen molar-refractivity contribution in [1.82, 2.24) is 19.5 Å². The Labute approximate surface area is 319 Å². The Kier molecular flexibility index (Phi) is 10.2. The van der Waals surface area contributed by atoms with Gasteiger partial charge in [-0.05, 0) is 66.7 Å². The number of nitrogens with zero attached hydrogens (tertiary/aromatic N) is 4. The summed E-state index contributed by atoms with van der Waals surface area (Å²) in [4.78, 5) is 14.0. The number of hydrogen-bond donors (Lipinski definition) is 1. The summed E-state index contributed by atoms with van der Waals surface area (Å²) in [5.41, 5.74) is 9.21. The van der Waals surface area contributed by atoms with Crippen molar-refractivity contribution in [3.05, 3.63) is 114 Å². The molecule has 0 spiro atoms. The van der Waals surface area contributed by atoms with Gasteiger partial charge in [-0.3, -0.25) is 4.57 Å². The highest BCUT2D eigenvalue weighted by Gasteiger charge is 2.57. The molecule has 54 heavy (non-hydrogen) atoms. The zero-order valence-electron chi connectivity index (χ0n) is 32.8. The standard InChI is InChI=1S/C42H53N5O6Si/c1-27(2)40(3,4)54(8,9)50-24-32-35-36(53-41(5,6)52-35)39(51-32)47-33(46-34-37(43)44-26-45-38(34)47)25-49-42(28-16-12-10-13-17-28,29-18-14-11-15-19-29)30-20-22-31(48-7)23-21-30/h10-23,26-27,32,35-36,39H,24-25H2,1-9H3,(H2,43,44,45)/t32-,35-,36-,39-/m1/s1. The maximum Gasteiger partial charge on any atom is 0.192 e. The summed E-state index contributed by atoms with van der Waals surface area (Å²) in [5.74, 6) is 1.17. The molecule has 0 saturated carbocycles. The van der Waals surface area contributed by atoms with Gasteiger partial charge in [-0.2, -0.15) is 0 Å². The van der Waals surface area contributed by atoms with E-state index in [0.717, 1.165) is 22.4 Å². The van der Waals surface area contributed by atoms with Crippen molar-refractivity contribution in [2.75, 3.05) is 19.5 Å². The molecule has 286 valence electrons. The molecule has 4 heterocycles. The number of anilines is 1. The molecule has 5 aromatic rings. The molecular weight excluding hydrogens is 699 g/mol. The second-order valence-electron chi connectivity index (χ2n) is 16.1. The Bertz CT molecular complexity index is 2020. The van der Waals surface area contributed by atoms with Crippen molar-refractivity contribution in [1.29, 1.82) is 0 Å². The lowest BCUT2D eigenvalue weighted by Gasteiger charge is -2.43. The molecule has 2 aliphatic heterocycles. The Balaban J connectivity index is 1.31. The SMILES string of the molecule is COc1ccc(C(OCc2nc3c(N)ncnc3n2[C@@H]2O[C@H](CO[Si](C)(C)C(C)(C)C(C)C)[C@H]3OC(C)(C)O[C@H]32)(c2ccccc2)c2ccccc2)cc1. The zero-order chi connectivity index (χ0) is 38.5. The fourth-order valence-corrected chi connectivity index (χ4v) is 9.95. The van der Waals surface area contributed by atoms with Gasteiger partial charge in [-0.1, -0.05) is 100 Å². The van der Waals surface area contributed by atoms with Gasteiger partial charge in [0.2, 0.25) is 0 Å².